The zero-order valence-corrected chi connectivity index (χ0v) is 18.2. The molecule has 5 nitrogen and oxygen atoms in total. The first-order valence-corrected chi connectivity index (χ1v) is 10.3. The van der Waals surface area contributed by atoms with Crippen molar-refractivity contribution in [3.05, 3.63) is 70.0 Å². The summed E-state index contributed by atoms with van der Waals surface area (Å²) in [6, 6.07) is 6.72. The molecule has 0 saturated carbocycles. The van der Waals surface area contributed by atoms with Gasteiger partial charge in [0.05, 0.1) is 5.57 Å². The highest BCUT2D eigenvalue weighted by molar-refractivity contribution is 6.26. The fraction of sp³-hybridized carbons (Fsp3) is 0.400. The van der Waals surface area contributed by atoms with E-state index in [0.29, 0.717) is 16.7 Å². The van der Waals surface area contributed by atoms with Crippen LogP contribution in [0.3, 0.4) is 0 Å². The first-order chi connectivity index (χ1) is 14.2. The number of hydrogen-bond donors (Lipinski definition) is 0. The zero-order valence-electron chi connectivity index (χ0n) is 18.2. The summed E-state index contributed by atoms with van der Waals surface area (Å²) in [6.07, 6.45) is 5.02. The van der Waals surface area contributed by atoms with Crippen LogP contribution in [-0.2, 0) is 14.3 Å². The molecule has 0 aromatic heterocycles. The summed E-state index contributed by atoms with van der Waals surface area (Å²) in [7, 11) is 0. The van der Waals surface area contributed by atoms with Crippen molar-refractivity contribution in [2.24, 2.45) is 0 Å². The number of Topliss-reactive ketones (excluding diaryl/α,β-unsaturated/α-hetero) is 2. The molecular weight excluding hydrogens is 380 g/mol. The number of fused-ring (bicyclic) bond motifs is 1. The Bertz CT molecular complexity index is 991. The Kier molecular flexibility index (Phi) is 6.11. The van der Waals surface area contributed by atoms with E-state index in [9.17, 15) is 14.4 Å². The Labute approximate surface area is 177 Å². The topological polar surface area (TPSA) is 69.7 Å². The fourth-order valence-corrected chi connectivity index (χ4v) is 3.61. The lowest BCUT2D eigenvalue weighted by Crippen LogP contribution is -2.48. The lowest BCUT2D eigenvalue weighted by molar-refractivity contribution is -0.161. The largest absolute Gasteiger partial charge is 0.479 e. The molecule has 0 N–H and O–H groups in total. The van der Waals surface area contributed by atoms with E-state index >= 15 is 0 Å². The van der Waals surface area contributed by atoms with Gasteiger partial charge in [-0.2, -0.15) is 0 Å². The molecule has 3 rings (SSSR count). The highest BCUT2D eigenvalue weighted by atomic mass is 16.6. The number of ketones is 2. The summed E-state index contributed by atoms with van der Waals surface area (Å²) in [5.41, 5.74) is 1.84. The van der Waals surface area contributed by atoms with Gasteiger partial charge in [0.15, 0.2) is 11.5 Å². The molecule has 1 aromatic rings. The van der Waals surface area contributed by atoms with Gasteiger partial charge in [-0.3, -0.25) is 9.59 Å². The molecule has 158 valence electrons. The molecule has 1 heterocycles. The van der Waals surface area contributed by atoms with Gasteiger partial charge in [0, 0.05) is 23.1 Å². The van der Waals surface area contributed by atoms with E-state index in [2.05, 4.69) is 13.0 Å². The molecule has 1 aliphatic carbocycles. The van der Waals surface area contributed by atoms with Crippen LogP contribution in [-0.4, -0.2) is 29.2 Å². The molecule has 0 fully saturated rings. The van der Waals surface area contributed by atoms with Gasteiger partial charge in [0.1, 0.15) is 11.7 Å². The summed E-state index contributed by atoms with van der Waals surface area (Å²) in [5.74, 6) is -0.904. The van der Waals surface area contributed by atoms with E-state index in [0.717, 1.165) is 12.8 Å². The maximum absolute atomic E-state index is 13.0. The minimum atomic E-state index is -0.932. The quantitative estimate of drug-likeness (QED) is 0.384. The van der Waals surface area contributed by atoms with Crippen LogP contribution in [0.2, 0.25) is 0 Å². The second-order valence-corrected chi connectivity index (χ2v) is 8.38. The van der Waals surface area contributed by atoms with E-state index in [-0.39, 0.29) is 29.3 Å². The molecule has 2 aliphatic rings. The van der Waals surface area contributed by atoms with E-state index in [1.807, 2.05) is 13.0 Å². The van der Waals surface area contributed by atoms with Gasteiger partial charge in [0.25, 0.3) is 0 Å². The summed E-state index contributed by atoms with van der Waals surface area (Å²) in [4.78, 5) is 38.4. The van der Waals surface area contributed by atoms with Crippen molar-refractivity contribution in [1.82, 2.24) is 0 Å². The third-order valence-electron chi connectivity index (χ3n) is 5.75. The number of benzene rings is 1. The Hall–Kier alpha value is -2.95. The maximum atomic E-state index is 13.0. The summed E-state index contributed by atoms with van der Waals surface area (Å²) in [6.45, 7) is 9.29. The molecule has 0 spiro atoms. The molecule has 0 unspecified atom stereocenters. The van der Waals surface area contributed by atoms with Gasteiger partial charge < -0.3 is 9.47 Å². The SMILES string of the molecule is C/C=C(\C)CC/C=C(\C)C(=O)O[C@@H]1CC2=C(OC1(C)C)C(=O)c1ccccc1C2=O. The average Bonchev–Trinajstić information content (AvgIpc) is 2.72. The predicted octanol–water partition coefficient (Wildman–Crippen LogP) is 5.12. The third kappa shape index (κ3) is 4.16. The monoisotopic (exact) mass is 408 g/mol. The van der Waals surface area contributed by atoms with Crippen LogP contribution in [0.15, 0.2) is 58.9 Å². The molecule has 0 amide bonds. The third-order valence-corrected chi connectivity index (χ3v) is 5.75. The molecule has 1 atom stereocenters. The Balaban J connectivity index is 1.79. The van der Waals surface area contributed by atoms with Gasteiger partial charge >= 0.3 is 5.97 Å². The van der Waals surface area contributed by atoms with E-state index in [1.54, 1.807) is 45.0 Å². The standard InChI is InChI=1S/C25H28O5/c1-6-15(2)10-9-11-16(3)24(28)29-20-14-19-21(26)17-12-7-8-13-18(17)22(27)23(19)30-25(20,4)5/h6-8,11-13,20H,9-10,14H2,1-5H3/b15-6+,16-11+/t20-/m1/s1. The fourth-order valence-electron chi connectivity index (χ4n) is 3.61. The smallest absolute Gasteiger partial charge is 0.333 e. The van der Waals surface area contributed by atoms with Gasteiger partial charge in [-0.05, 0) is 47.5 Å². The van der Waals surface area contributed by atoms with Crippen LogP contribution in [0.25, 0.3) is 0 Å². The van der Waals surface area contributed by atoms with Crippen LogP contribution in [0.1, 0.15) is 74.6 Å². The van der Waals surface area contributed by atoms with Crippen molar-refractivity contribution >= 4 is 17.5 Å². The van der Waals surface area contributed by atoms with Crippen molar-refractivity contribution < 1.29 is 23.9 Å². The Morgan fingerprint density at radius 1 is 1.17 bits per heavy atom. The number of ether oxygens (including phenoxy) is 2. The van der Waals surface area contributed by atoms with Crippen LogP contribution in [0, 0.1) is 0 Å². The number of hydrogen-bond acceptors (Lipinski definition) is 5. The predicted molar refractivity (Wildman–Crippen MR) is 114 cm³/mol. The lowest BCUT2D eigenvalue weighted by Gasteiger charge is -2.40. The van der Waals surface area contributed by atoms with Crippen LogP contribution in [0.5, 0.6) is 0 Å². The molecule has 0 bridgehead atoms. The first kappa shape index (κ1) is 21.8. The van der Waals surface area contributed by atoms with Gasteiger partial charge in [0.2, 0.25) is 5.78 Å². The minimum absolute atomic E-state index is 0.0742. The minimum Gasteiger partial charge on any atom is -0.479 e. The molecule has 0 saturated heterocycles. The summed E-state index contributed by atoms with van der Waals surface area (Å²) < 4.78 is 11.7. The molecular formula is C25H28O5. The van der Waals surface area contributed by atoms with Crippen LogP contribution < -0.4 is 0 Å². The van der Waals surface area contributed by atoms with Crippen LogP contribution >= 0.6 is 0 Å². The lowest BCUT2D eigenvalue weighted by atomic mass is 9.81. The van der Waals surface area contributed by atoms with E-state index in [1.165, 1.54) is 5.57 Å². The Morgan fingerprint density at radius 3 is 2.43 bits per heavy atom. The highest BCUT2D eigenvalue weighted by Gasteiger charge is 2.47. The van der Waals surface area contributed by atoms with Crippen molar-refractivity contribution in [3.63, 3.8) is 0 Å². The summed E-state index contributed by atoms with van der Waals surface area (Å²) >= 11 is 0. The molecule has 1 aromatic carbocycles. The van der Waals surface area contributed by atoms with Crippen LogP contribution in [0.4, 0.5) is 0 Å². The molecule has 5 heteroatoms. The van der Waals surface area contributed by atoms with Gasteiger partial charge in [-0.25, -0.2) is 4.79 Å². The van der Waals surface area contributed by atoms with Crippen molar-refractivity contribution in [1.29, 1.82) is 0 Å². The molecule has 0 radical (unpaired) electrons. The van der Waals surface area contributed by atoms with E-state index in [4.69, 9.17) is 9.47 Å². The first-order valence-electron chi connectivity index (χ1n) is 10.3. The van der Waals surface area contributed by atoms with Crippen molar-refractivity contribution in [2.75, 3.05) is 0 Å². The zero-order chi connectivity index (χ0) is 22.1. The number of carbonyl (C=O) groups is 3. The van der Waals surface area contributed by atoms with Gasteiger partial charge in [-0.15, -0.1) is 0 Å². The normalized spacial score (nSPS) is 21.0. The summed E-state index contributed by atoms with van der Waals surface area (Å²) in [5, 5.41) is 0. The second-order valence-electron chi connectivity index (χ2n) is 8.38. The number of esters is 1. The number of carbonyl (C=O) groups excluding carboxylic acids is 3. The van der Waals surface area contributed by atoms with E-state index < -0.39 is 17.7 Å². The highest BCUT2D eigenvalue weighted by Crippen LogP contribution is 2.40. The van der Waals surface area contributed by atoms with Crippen molar-refractivity contribution in [2.45, 2.75) is 65.6 Å². The molecule has 1 aliphatic heterocycles. The maximum Gasteiger partial charge on any atom is 0.333 e. The van der Waals surface area contributed by atoms with Gasteiger partial charge in [-0.1, -0.05) is 42.0 Å². The number of allylic oxidation sites excluding steroid dienone is 4. The molecule has 30 heavy (non-hydrogen) atoms. The average molecular weight is 408 g/mol. The number of rotatable bonds is 5. The Morgan fingerprint density at radius 2 is 1.80 bits per heavy atom. The second kappa shape index (κ2) is 8.42. The van der Waals surface area contributed by atoms with Crippen molar-refractivity contribution in [3.8, 4) is 0 Å².